The molecule has 8 heteroatoms. The van der Waals surface area contributed by atoms with Crippen LogP contribution in [0.4, 0.5) is 17.3 Å². The number of hydrogen-bond acceptors (Lipinski definition) is 7. The zero-order valence-electron chi connectivity index (χ0n) is 10.3. The van der Waals surface area contributed by atoms with Crippen LogP contribution in [0.1, 0.15) is 0 Å². The first-order chi connectivity index (χ1) is 9.11. The predicted octanol–water partition coefficient (Wildman–Crippen LogP) is 0.218. The van der Waals surface area contributed by atoms with E-state index in [2.05, 4.69) is 11.1 Å². The summed E-state index contributed by atoms with van der Waals surface area (Å²) in [5.74, 6) is 0.571. The van der Waals surface area contributed by atoms with Crippen molar-refractivity contribution in [2.24, 2.45) is 0 Å². The maximum Gasteiger partial charge on any atom is 0.311 e. The second-order valence-corrected chi connectivity index (χ2v) is 4.25. The Morgan fingerprint density at radius 1 is 1.42 bits per heavy atom. The molecule has 100 valence electrons. The van der Waals surface area contributed by atoms with Gasteiger partial charge in [-0.05, 0) is 6.07 Å². The van der Waals surface area contributed by atoms with E-state index in [1.165, 1.54) is 6.07 Å². The molecule has 0 aliphatic carbocycles. The molecule has 0 unspecified atom stereocenters. The van der Waals surface area contributed by atoms with Gasteiger partial charge < -0.3 is 10.6 Å². The average Bonchev–Trinajstić information content (AvgIpc) is 2.39. The van der Waals surface area contributed by atoms with Crippen molar-refractivity contribution in [2.75, 3.05) is 43.4 Å². The first-order valence-corrected chi connectivity index (χ1v) is 5.87. The Balaban J connectivity index is 2.06. The fraction of sp³-hybridized carbons (Fsp3) is 0.455. The molecule has 2 rings (SSSR count). The van der Waals surface area contributed by atoms with Crippen molar-refractivity contribution in [3.8, 4) is 6.07 Å². The summed E-state index contributed by atoms with van der Waals surface area (Å²) in [5, 5.41) is 19.3. The molecule has 0 bridgehead atoms. The van der Waals surface area contributed by atoms with Crippen molar-refractivity contribution >= 4 is 17.3 Å². The molecule has 0 atom stereocenters. The molecule has 2 heterocycles. The van der Waals surface area contributed by atoms with Crippen LogP contribution in [0.25, 0.3) is 0 Å². The van der Waals surface area contributed by atoms with Gasteiger partial charge in [0.15, 0.2) is 0 Å². The fourth-order valence-corrected chi connectivity index (χ4v) is 2.02. The van der Waals surface area contributed by atoms with E-state index in [9.17, 15) is 10.1 Å². The highest BCUT2D eigenvalue weighted by atomic mass is 16.6. The third-order valence-corrected chi connectivity index (χ3v) is 3.08. The van der Waals surface area contributed by atoms with Gasteiger partial charge >= 0.3 is 5.69 Å². The van der Waals surface area contributed by atoms with Gasteiger partial charge in [-0.25, -0.2) is 4.98 Å². The Morgan fingerprint density at radius 3 is 2.63 bits per heavy atom. The van der Waals surface area contributed by atoms with Gasteiger partial charge in [-0.15, -0.1) is 0 Å². The molecule has 1 aliphatic heterocycles. The second-order valence-electron chi connectivity index (χ2n) is 4.25. The number of nitriles is 1. The van der Waals surface area contributed by atoms with Gasteiger partial charge in [0.1, 0.15) is 5.82 Å². The molecule has 0 radical (unpaired) electrons. The molecule has 2 N–H and O–H groups in total. The van der Waals surface area contributed by atoms with Crippen LogP contribution in [-0.4, -0.2) is 47.5 Å². The average molecular weight is 262 g/mol. The van der Waals surface area contributed by atoms with Crippen molar-refractivity contribution in [3.05, 3.63) is 22.2 Å². The van der Waals surface area contributed by atoms with E-state index in [1.807, 2.05) is 9.80 Å². The molecule has 0 spiro atoms. The number of aromatic nitrogens is 1. The van der Waals surface area contributed by atoms with Gasteiger partial charge in [-0.2, -0.15) is 5.26 Å². The SMILES string of the molecule is N#CCN1CCN(c2ccc([N+](=O)[O-])c(N)n2)CC1. The predicted molar refractivity (Wildman–Crippen MR) is 69.6 cm³/mol. The minimum absolute atomic E-state index is 0.0676. The summed E-state index contributed by atoms with van der Waals surface area (Å²) in [6, 6.07) is 5.10. The lowest BCUT2D eigenvalue weighted by molar-refractivity contribution is -0.384. The summed E-state index contributed by atoms with van der Waals surface area (Å²) >= 11 is 0. The third kappa shape index (κ3) is 2.89. The van der Waals surface area contributed by atoms with Crippen LogP contribution < -0.4 is 10.6 Å². The van der Waals surface area contributed by atoms with Crippen LogP contribution in [0, 0.1) is 21.4 Å². The number of nitrogen functional groups attached to an aromatic ring is 1. The van der Waals surface area contributed by atoms with Crippen molar-refractivity contribution in [2.45, 2.75) is 0 Å². The molecule has 1 aromatic rings. The maximum absolute atomic E-state index is 10.7. The van der Waals surface area contributed by atoms with Crippen LogP contribution in [-0.2, 0) is 0 Å². The third-order valence-electron chi connectivity index (χ3n) is 3.08. The highest BCUT2D eigenvalue weighted by Gasteiger charge is 2.20. The molecule has 0 aromatic carbocycles. The van der Waals surface area contributed by atoms with Crippen molar-refractivity contribution < 1.29 is 4.92 Å². The number of nitro groups is 1. The van der Waals surface area contributed by atoms with Crippen LogP contribution in [0.2, 0.25) is 0 Å². The largest absolute Gasteiger partial charge is 0.378 e. The summed E-state index contributed by atoms with van der Waals surface area (Å²) in [6.45, 7) is 3.42. The first kappa shape index (κ1) is 13.0. The molecular weight excluding hydrogens is 248 g/mol. The second kappa shape index (κ2) is 5.49. The minimum atomic E-state index is -0.545. The zero-order valence-corrected chi connectivity index (χ0v) is 10.3. The highest BCUT2D eigenvalue weighted by Crippen LogP contribution is 2.23. The van der Waals surface area contributed by atoms with E-state index in [0.29, 0.717) is 12.4 Å². The van der Waals surface area contributed by atoms with E-state index < -0.39 is 4.92 Å². The molecule has 19 heavy (non-hydrogen) atoms. The van der Waals surface area contributed by atoms with E-state index in [4.69, 9.17) is 11.0 Å². The number of anilines is 2. The van der Waals surface area contributed by atoms with Gasteiger partial charge in [-0.1, -0.05) is 0 Å². The summed E-state index contributed by atoms with van der Waals surface area (Å²) < 4.78 is 0. The normalized spacial score (nSPS) is 16.1. The van der Waals surface area contributed by atoms with Gasteiger partial charge in [0.25, 0.3) is 0 Å². The number of nitrogens with zero attached hydrogens (tertiary/aromatic N) is 5. The number of pyridine rings is 1. The van der Waals surface area contributed by atoms with Gasteiger partial charge in [0, 0.05) is 32.2 Å². The molecule has 1 aliphatic rings. The fourth-order valence-electron chi connectivity index (χ4n) is 2.02. The molecule has 1 aromatic heterocycles. The lowest BCUT2D eigenvalue weighted by atomic mass is 10.3. The minimum Gasteiger partial charge on any atom is -0.378 e. The Labute approximate surface area is 110 Å². The molecule has 1 fully saturated rings. The number of rotatable bonds is 3. The molecule has 8 nitrogen and oxygen atoms in total. The van der Waals surface area contributed by atoms with Crippen LogP contribution in [0.15, 0.2) is 12.1 Å². The summed E-state index contributed by atoms with van der Waals surface area (Å²) in [5.41, 5.74) is 5.40. The molecule has 0 saturated carbocycles. The van der Waals surface area contributed by atoms with Gasteiger partial charge in [-0.3, -0.25) is 15.0 Å². The van der Waals surface area contributed by atoms with Crippen molar-refractivity contribution in [1.29, 1.82) is 5.26 Å². The van der Waals surface area contributed by atoms with Crippen molar-refractivity contribution in [1.82, 2.24) is 9.88 Å². The number of hydrogen-bond donors (Lipinski definition) is 1. The Kier molecular flexibility index (Phi) is 3.77. The lowest BCUT2D eigenvalue weighted by Crippen LogP contribution is -2.46. The van der Waals surface area contributed by atoms with Gasteiger partial charge in [0.05, 0.1) is 17.5 Å². The monoisotopic (exact) mass is 262 g/mol. The molecule has 0 amide bonds. The number of nitrogens with two attached hydrogens (primary N) is 1. The first-order valence-electron chi connectivity index (χ1n) is 5.87. The lowest BCUT2D eigenvalue weighted by Gasteiger charge is -2.34. The van der Waals surface area contributed by atoms with Crippen molar-refractivity contribution in [3.63, 3.8) is 0 Å². The molecular formula is C11H14N6O2. The Morgan fingerprint density at radius 2 is 2.11 bits per heavy atom. The quantitative estimate of drug-likeness (QED) is 0.471. The summed E-state index contributed by atoms with van der Waals surface area (Å²) in [7, 11) is 0. The highest BCUT2D eigenvalue weighted by molar-refractivity contribution is 5.58. The number of piperazine rings is 1. The molecule has 1 saturated heterocycles. The zero-order chi connectivity index (χ0) is 13.8. The van der Waals surface area contributed by atoms with Crippen LogP contribution in [0.3, 0.4) is 0 Å². The van der Waals surface area contributed by atoms with E-state index in [-0.39, 0.29) is 11.5 Å². The Hall–Kier alpha value is -2.40. The van der Waals surface area contributed by atoms with E-state index in [1.54, 1.807) is 6.07 Å². The van der Waals surface area contributed by atoms with E-state index in [0.717, 1.165) is 26.2 Å². The van der Waals surface area contributed by atoms with Gasteiger partial charge in [0.2, 0.25) is 5.82 Å². The smallest absolute Gasteiger partial charge is 0.311 e. The maximum atomic E-state index is 10.7. The summed E-state index contributed by atoms with van der Waals surface area (Å²) in [6.07, 6.45) is 0. The Bertz CT molecular complexity index is 518. The van der Waals surface area contributed by atoms with Crippen LogP contribution in [0.5, 0.6) is 0 Å². The van der Waals surface area contributed by atoms with E-state index >= 15 is 0 Å². The summed E-state index contributed by atoms with van der Waals surface area (Å²) in [4.78, 5) is 18.2. The van der Waals surface area contributed by atoms with Crippen LogP contribution >= 0.6 is 0 Å². The topological polar surface area (TPSA) is 112 Å². The standard InChI is InChI=1S/C11H14N6O2/c12-3-4-15-5-7-16(8-6-15)10-2-1-9(17(18)19)11(13)14-10/h1-2H,4-8H2,(H2,13,14).